The standard InChI is InChI=1S/C26H26N2O4S/c1-26(2,3)18-10-13-20(14-11-18)33(31,32)27-19-12-15-22-21(16-19)23(17-8-6-5-7-9-17)24(25(29)30)28(22)4/h5-16,27H,1-4H3,(H,29,30). The lowest BCUT2D eigenvalue weighted by Gasteiger charge is -2.19. The van der Waals surface area contributed by atoms with Crippen LogP contribution >= 0.6 is 0 Å². The molecule has 2 N–H and O–H groups in total. The van der Waals surface area contributed by atoms with Crippen LogP contribution in [-0.4, -0.2) is 24.1 Å². The quantitative estimate of drug-likeness (QED) is 0.402. The molecule has 1 aromatic heterocycles. The van der Waals surface area contributed by atoms with Crippen molar-refractivity contribution in [1.29, 1.82) is 0 Å². The summed E-state index contributed by atoms with van der Waals surface area (Å²) in [5.74, 6) is -1.05. The maximum absolute atomic E-state index is 13.0. The third-order valence-electron chi connectivity index (χ3n) is 5.75. The van der Waals surface area contributed by atoms with Gasteiger partial charge in [0, 0.05) is 29.2 Å². The predicted octanol–water partition coefficient (Wildman–Crippen LogP) is 5.64. The van der Waals surface area contributed by atoms with Crippen molar-refractivity contribution in [1.82, 2.24) is 4.57 Å². The molecule has 1 heterocycles. The van der Waals surface area contributed by atoms with Crippen molar-refractivity contribution < 1.29 is 18.3 Å². The number of aromatic nitrogens is 1. The summed E-state index contributed by atoms with van der Waals surface area (Å²) in [5, 5.41) is 10.5. The van der Waals surface area contributed by atoms with Gasteiger partial charge in [0.1, 0.15) is 5.69 Å². The Morgan fingerprint density at radius 1 is 0.939 bits per heavy atom. The largest absolute Gasteiger partial charge is 0.477 e. The maximum Gasteiger partial charge on any atom is 0.353 e. The van der Waals surface area contributed by atoms with Crippen LogP contribution in [-0.2, 0) is 22.5 Å². The van der Waals surface area contributed by atoms with Gasteiger partial charge in [-0.1, -0.05) is 63.2 Å². The zero-order valence-corrected chi connectivity index (χ0v) is 19.8. The van der Waals surface area contributed by atoms with Gasteiger partial charge in [-0.2, -0.15) is 0 Å². The first-order valence-corrected chi connectivity index (χ1v) is 12.0. The number of carboxylic acid groups (broad SMARTS) is 1. The molecule has 4 aromatic rings. The van der Waals surface area contributed by atoms with Gasteiger partial charge < -0.3 is 9.67 Å². The molecular weight excluding hydrogens is 436 g/mol. The van der Waals surface area contributed by atoms with E-state index in [4.69, 9.17) is 0 Å². The van der Waals surface area contributed by atoms with Gasteiger partial charge in [-0.05, 0) is 46.9 Å². The molecule has 0 aliphatic rings. The SMILES string of the molecule is Cn1c(C(=O)O)c(-c2ccccc2)c2cc(NS(=O)(=O)c3ccc(C(C)(C)C)cc3)ccc21. The van der Waals surface area contributed by atoms with Crippen LogP contribution in [0.2, 0.25) is 0 Å². The first-order chi connectivity index (χ1) is 15.5. The Labute approximate surface area is 193 Å². The summed E-state index contributed by atoms with van der Waals surface area (Å²) < 4.78 is 30.3. The van der Waals surface area contributed by atoms with Gasteiger partial charge in [0.05, 0.1) is 4.90 Å². The summed E-state index contributed by atoms with van der Waals surface area (Å²) in [6.07, 6.45) is 0. The fourth-order valence-corrected chi connectivity index (χ4v) is 5.05. The molecule has 0 spiro atoms. The summed E-state index contributed by atoms with van der Waals surface area (Å²) in [6, 6.07) is 21.1. The van der Waals surface area contributed by atoms with Crippen molar-refractivity contribution >= 4 is 32.6 Å². The number of fused-ring (bicyclic) bond motifs is 1. The number of aromatic carboxylic acids is 1. The molecule has 33 heavy (non-hydrogen) atoms. The number of sulfonamides is 1. The van der Waals surface area contributed by atoms with Gasteiger partial charge in [0.2, 0.25) is 0 Å². The van der Waals surface area contributed by atoms with E-state index in [1.165, 1.54) is 0 Å². The van der Waals surface area contributed by atoms with E-state index in [9.17, 15) is 18.3 Å². The zero-order valence-electron chi connectivity index (χ0n) is 19.0. The predicted molar refractivity (Wildman–Crippen MR) is 131 cm³/mol. The van der Waals surface area contributed by atoms with Crippen molar-refractivity contribution in [2.45, 2.75) is 31.1 Å². The second kappa shape index (κ2) is 8.08. The minimum Gasteiger partial charge on any atom is -0.477 e. The van der Waals surface area contributed by atoms with Crippen LogP contribution in [0.15, 0.2) is 77.7 Å². The lowest BCUT2D eigenvalue weighted by molar-refractivity contribution is 0.0688. The molecule has 0 fully saturated rings. The topological polar surface area (TPSA) is 88.4 Å². The van der Waals surface area contributed by atoms with Gasteiger partial charge in [-0.3, -0.25) is 4.72 Å². The monoisotopic (exact) mass is 462 g/mol. The van der Waals surface area contributed by atoms with Crippen molar-refractivity contribution in [2.75, 3.05) is 4.72 Å². The van der Waals surface area contributed by atoms with Crippen LogP contribution < -0.4 is 4.72 Å². The van der Waals surface area contributed by atoms with E-state index in [1.54, 1.807) is 41.9 Å². The highest BCUT2D eigenvalue weighted by atomic mass is 32.2. The van der Waals surface area contributed by atoms with Gasteiger partial charge in [-0.15, -0.1) is 0 Å². The number of rotatable bonds is 5. The number of aryl methyl sites for hydroxylation is 1. The number of nitrogens with zero attached hydrogens (tertiary/aromatic N) is 1. The average molecular weight is 463 g/mol. The van der Waals surface area contributed by atoms with Gasteiger partial charge >= 0.3 is 5.97 Å². The van der Waals surface area contributed by atoms with Gasteiger partial charge in [0.25, 0.3) is 10.0 Å². The fraction of sp³-hybridized carbons (Fsp3) is 0.192. The first kappa shape index (κ1) is 22.6. The number of hydrogen-bond donors (Lipinski definition) is 2. The van der Waals surface area contributed by atoms with Crippen LogP contribution in [0.4, 0.5) is 5.69 Å². The number of benzene rings is 3. The Balaban J connectivity index is 1.79. The van der Waals surface area contributed by atoms with E-state index < -0.39 is 16.0 Å². The number of anilines is 1. The lowest BCUT2D eigenvalue weighted by atomic mass is 9.87. The van der Waals surface area contributed by atoms with Crippen molar-refractivity contribution in [2.24, 2.45) is 7.05 Å². The fourth-order valence-electron chi connectivity index (χ4n) is 4.00. The number of carbonyl (C=O) groups is 1. The molecule has 0 aliphatic carbocycles. The summed E-state index contributed by atoms with van der Waals surface area (Å²) in [6.45, 7) is 6.21. The Kier molecular flexibility index (Phi) is 5.54. The smallest absolute Gasteiger partial charge is 0.353 e. The second-order valence-electron chi connectivity index (χ2n) is 9.07. The molecule has 170 valence electrons. The van der Waals surface area contributed by atoms with E-state index in [2.05, 4.69) is 25.5 Å². The molecule has 0 bridgehead atoms. The summed E-state index contributed by atoms with van der Waals surface area (Å²) in [5.41, 5.74) is 3.47. The van der Waals surface area contributed by atoms with E-state index >= 15 is 0 Å². The van der Waals surface area contributed by atoms with Crippen molar-refractivity contribution in [3.63, 3.8) is 0 Å². The molecule has 0 aliphatic heterocycles. The molecule has 0 atom stereocenters. The van der Waals surface area contributed by atoms with Crippen molar-refractivity contribution in [3.05, 3.63) is 84.1 Å². The van der Waals surface area contributed by atoms with Crippen LogP contribution in [0.5, 0.6) is 0 Å². The molecule has 0 saturated heterocycles. The Morgan fingerprint density at radius 3 is 2.15 bits per heavy atom. The first-order valence-electron chi connectivity index (χ1n) is 10.5. The Hall–Kier alpha value is -3.58. The van der Waals surface area contributed by atoms with E-state index in [0.29, 0.717) is 22.2 Å². The summed E-state index contributed by atoms with van der Waals surface area (Å²) in [4.78, 5) is 12.2. The molecule has 4 rings (SSSR count). The lowest BCUT2D eigenvalue weighted by Crippen LogP contribution is -2.14. The van der Waals surface area contributed by atoms with Crippen molar-refractivity contribution in [3.8, 4) is 11.1 Å². The number of nitrogens with one attached hydrogen (secondary N) is 1. The molecular formula is C26H26N2O4S. The van der Waals surface area contributed by atoms with Gasteiger partial charge in [-0.25, -0.2) is 13.2 Å². The molecule has 0 amide bonds. The summed E-state index contributed by atoms with van der Waals surface area (Å²) in [7, 11) is -2.12. The number of carboxylic acids is 1. The van der Waals surface area contributed by atoms with Crippen LogP contribution in [0.3, 0.4) is 0 Å². The highest BCUT2D eigenvalue weighted by Crippen LogP contribution is 2.36. The average Bonchev–Trinajstić information content (AvgIpc) is 3.05. The molecule has 0 unspecified atom stereocenters. The van der Waals surface area contributed by atoms with Crippen LogP contribution in [0, 0.1) is 0 Å². The third-order valence-corrected chi connectivity index (χ3v) is 7.14. The van der Waals surface area contributed by atoms with E-state index in [-0.39, 0.29) is 16.0 Å². The highest BCUT2D eigenvalue weighted by Gasteiger charge is 2.23. The third kappa shape index (κ3) is 4.24. The molecule has 0 saturated carbocycles. The van der Waals surface area contributed by atoms with E-state index in [1.807, 2.05) is 42.5 Å². The highest BCUT2D eigenvalue weighted by molar-refractivity contribution is 7.92. The molecule has 3 aromatic carbocycles. The zero-order chi connectivity index (χ0) is 24.0. The summed E-state index contributed by atoms with van der Waals surface area (Å²) >= 11 is 0. The molecule has 0 radical (unpaired) electrons. The normalized spacial score (nSPS) is 12.1. The Morgan fingerprint density at radius 2 is 1.58 bits per heavy atom. The second-order valence-corrected chi connectivity index (χ2v) is 10.7. The Bertz CT molecular complexity index is 1450. The van der Waals surface area contributed by atoms with Crippen LogP contribution in [0.25, 0.3) is 22.0 Å². The van der Waals surface area contributed by atoms with Gasteiger partial charge in [0.15, 0.2) is 0 Å². The minimum absolute atomic E-state index is 0.0796. The van der Waals surface area contributed by atoms with E-state index in [0.717, 1.165) is 11.1 Å². The maximum atomic E-state index is 13.0. The number of hydrogen-bond acceptors (Lipinski definition) is 3. The molecule has 6 nitrogen and oxygen atoms in total. The van der Waals surface area contributed by atoms with Crippen LogP contribution in [0.1, 0.15) is 36.8 Å². The minimum atomic E-state index is -3.81. The molecule has 7 heteroatoms.